The number of hydrogen-bond donors (Lipinski definition) is 1. The van der Waals surface area contributed by atoms with E-state index >= 15 is 0 Å². The standard InChI is InChI=1S/C13H24FN3/c1-10(2)8-15-9-13-11(3)16-17(12(13)4)7-5-6-14/h10,15H,5-9H2,1-4H3. The molecule has 17 heavy (non-hydrogen) atoms. The largest absolute Gasteiger partial charge is 0.312 e. The highest BCUT2D eigenvalue weighted by molar-refractivity contribution is 5.24. The average Bonchev–Trinajstić information content (AvgIpc) is 2.53. The molecule has 0 unspecified atom stereocenters. The number of nitrogens with zero attached hydrogens (tertiary/aromatic N) is 2. The van der Waals surface area contributed by atoms with Gasteiger partial charge < -0.3 is 5.32 Å². The van der Waals surface area contributed by atoms with Gasteiger partial charge in [-0.05, 0) is 32.7 Å². The zero-order valence-corrected chi connectivity index (χ0v) is 11.4. The van der Waals surface area contributed by atoms with E-state index < -0.39 is 0 Å². The van der Waals surface area contributed by atoms with Crippen molar-refractivity contribution >= 4 is 0 Å². The van der Waals surface area contributed by atoms with Crippen LogP contribution in [0.25, 0.3) is 0 Å². The van der Waals surface area contributed by atoms with Gasteiger partial charge in [-0.15, -0.1) is 0 Å². The molecule has 0 bridgehead atoms. The summed E-state index contributed by atoms with van der Waals surface area (Å²) in [6, 6.07) is 0. The van der Waals surface area contributed by atoms with Gasteiger partial charge in [-0.2, -0.15) is 5.10 Å². The van der Waals surface area contributed by atoms with Gasteiger partial charge in [0.05, 0.1) is 12.4 Å². The minimum atomic E-state index is -0.278. The number of hydrogen-bond acceptors (Lipinski definition) is 2. The first-order valence-electron chi connectivity index (χ1n) is 6.35. The van der Waals surface area contributed by atoms with Gasteiger partial charge in [0.2, 0.25) is 0 Å². The summed E-state index contributed by atoms with van der Waals surface area (Å²) in [6.45, 7) is 10.7. The molecule has 1 N–H and O–H groups in total. The van der Waals surface area contributed by atoms with Crippen LogP contribution in [0.1, 0.15) is 37.2 Å². The summed E-state index contributed by atoms with van der Waals surface area (Å²) in [6.07, 6.45) is 0.542. The van der Waals surface area contributed by atoms with Crippen molar-refractivity contribution in [3.8, 4) is 0 Å². The lowest BCUT2D eigenvalue weighted by atomic mass is 10.2. The molecule has 1 aromatic rings. The summed E-state index contributed by atoms with van der Waals surface area (Å²) in [5, 5.41) is 7.88. The van der Waals surface area contributed by atoms with E-state index in [9.17, 15) is 4.39 Å². The summed E-state index contributed by atoms with van der Waals surface area (Å²) in [7, 11) is 0. The van der Waals surface area contributed by atoms with Crippen molar-refractivity contribution < 1.29 is 4.39 Å². The SMILES string of the molecule is Cc1nn(CCCF)c(C)c1CNCC(C)C. The van der Waals surface area contributed by atoms with Crippen molar-refractivity contribution in [1.29, 1.82) is 0 Å². The summed E-state index contributed by atoms with van der Waals surface area (Å²) >= 11 is 0. The third-order valence-electron chi connectivity index (χ3n) is 2.89. The second-order valence-corrected chi connectivity index (χ2v) is 4.94. The van der Waals surface area contributed by atoms with Crippen LogP contribution in [0.3, 0.4) is 0 Å². The average molecular weight is 241 g/mol. The van der Waals surface area contributed by atoms with Crippen molar-refractivity contribution in [1.82, 2.24) is 15.1 Å². The predicted molar refractivity (Wildman–Crippen MR) is 68.8 cm³/mol. The molecule has 1 heterocycles. The molecule has 0 aliphatic rings. The van der Waals surface area contributed by atoms with Gasteiger partial charge in [0.25, 0.3) is 0 Å². The Morgan fingerprint density at radius 2 is 2.06 bits per heavy atom. The summed E-state index contributed by atoms with van der Waals surface area (Å²) < 4.78 is 14.1. The van der Waals surface area contributed by atoms with Gasteiger partial charge in [-0.3, -0.25) is 9.07 Å². The van der Waals surface area contributed by atoms with E-state index in [-0.39, 0.29) is 6.67 Å². The van der Waals surface area contributed by atoms with Crippen molar-refractivity contribution in [2.45, 2.75) is 47.2 Å². The van der Waals surface area contributed by atoms with Crippen molar-refractivity contribution in [2.24, 2.45) is 5.92 Å². The fourth-order valence-corrected chi connectivity index (χ4v) is 1.90. The number of nitrogens with one attached hydrogen (secondary N) is 1. The lowest BCUT2D eigenvalue weighted by Gasteiger charge is -2.08. The van der Waals surface area contributed by atoms with E-state index in [1.807, 2.05) is 11.6 Å². The fraction of sp³-hybridized carbons (Fsp3) is 0.769. The van der Waals surface area contributed by atoms with Crippen LogP contribution in [0.4, 0.5) is 4.39 Å². The van der Waals surface area contributed by atoms with Crippen LogP contribution in [0.15, 0.2) is 0 Å². The minimum Gasteiger partial charge on any atom is -0.312 e. The summed E-state index contributed by atoms with van der Waals surface area (Å²) in [5.74, 6) is 0.650. The molecule has 0 fully saturated rings. The normalized spacial score (nSPS) is 11.4. The van der Waals surface area contributed by atoms with E-state index in [0.29, 0.717) is 18.9 Å². The van der Waals surface area contributed by atoms with Gasteiger partial charge in [0.15, 0.2) is 0 Å². The Bertz CT molecular complexity index is 345. The third-order valence-corrected chi connectivity index (χ3v) is 2.89. The Morgan fingerprint density at radius 3 is 2.65 bits per heavy atom. The van der Waals surface area contributed by atoms with E-state index in [1.165, 1.54) is 5.56 Å². The van der Waals surface area contributed by atoms with Crippen molar-refractivity contribution in [2.75, 3.05) is 13.2 Å². The van der Waals surface area contributed by atoms with E-state index in [4.69, 9.17) is 0 Å². The maximum atomic E-state index is 12.2. The monoisotopic (exact) mass is 241 g/mol. The molecule has 0 saturated heterocycles. The quantitative estimate of drug-likeness (QED) is 0.795. The van der Waals surface area contributed by atoms with Crippen LogP contribution in [0, 0.1) is 19.8 Å². The van der Waals surface area contributed by atoms with Gasteiger partial charge in [-0.25, -0.2) is 0 Å². The Balaban J connectivity index is 2.62. The molecule has 4 heteroatoms. The van der Waals surface area contributed by atoms with Crippen molar-refractivity contribution in [3.05, 3.63) is 17.0 Å². The Labute approximate surface area is 103 Å². The molecule has 1 aromatic heterocycles. The molecule has 3 nitrogen and oxygen atoms in total. The number of rotatable bonds is 7. The summed E-state index contributed by atoms with van der Waals surface area (Å²) in [4.78, 5) is 0. The number of alkyl halides is 1. The second-order valence-electron chi connectivity index (χ2n) is 4.94. The first-order valence-corrected chi connectivity index (χ1v) is 6.35. The van der Waals surface area contributed by atoms with Crippen LogP contribution < -0.4 is 5.32 Å². The first-order chi connectivity index (χ1) is 8.06. The maximum Gasteiger partial charge on any atom is 0.0912 e. The Kier molecular flexibility index (Phi) is 5.62. The fourth-order valence-electron chi connectivity index (χ4n) is 1.90. The second kappa shape index (κ2) is 6.74. The highest BCUT2D eigenvalue weighted by atomic mass is 19.1. The number of aryl methyl sites for hydroxylation is 2. The zero-order valence-electron chi connectivity index (χ0n) is 11.4. The van der Waals surface area contributed by atoms with Gasteiger partial charge in [0, 0.05) is 24.3 Å². The zero-order chi connectivity index (χ0) is 12.8. The Morgan fingerprint density at radius 1 is 1.35 bits per heavy atom. The highest BCUT2D eigenvalue weighted by Gasteiger charge is 2.10. The van der Waals surface area contributed by atoms with Gasteiger partial charge in [0.1, 0.15) is 0 Å². The molecule has 0 aromatic carbocycles. The molecule has 98 valence electrons. The molecule has 1 rings (SSSR count). The lowest BCUT2D eigenvalue weighted by molar-refractivity contribution is 0.431. The predicted octanol–water partition coefficient (Wildman–Crippen LogP) is 2.61. The van der Waals surface area contributed by atoms with Crippen LogP contribution in [0.5, 0.6) is 0 Å². The molecule has 0 amide bonds. The number of aromatic nitrogens is 2. The molecule has 0 spiro atoms. The minimum absolute atomic E-state index is 0.278. The smallest absolute Gasteiger partial charge is 0.0912 e. The van der Waals surface area contributed by atoms with Crippen LogP contribution >= 0.6 is 0 Å². The Hall–Kier alpha value is -0.900. The molecule has 0 radical (unpaired) electrons. The van der Waals surface area contributed by atoms with Crippen LogP contribution in [0.2, 0.25) is 0 Å². The molecule has 0 aliphatic carbocycles. The number of halogens is 1. The van der Waals surface area contributed by atoms with Gasteiger partial charge >= 0.3 is 0 Å². The molecule has 0 aliphatic heterocycles. The summed E-state index contributed by atoms with van der Waals surface area (Å²) in [5.41, 5.74) is 3.47. The van der Waals surface area contributed by atoms with Gasteiger partial charge in [-0.1, -0.05) is 13.8 Å². The lowest BCUT2D eigenvalue weighted by Crippen LogP contribution is -2.19. The van der Waals surface area contributed by atoms with Crippen molar-refractivity contribution in [3.63, 3.8) is 0 Å². The van der Waals surface area contributed by atoms with E-state index in [1.54, 1.807) is 0 Å². The molecule has 0 saturated carbocycles. The van der Waals surface area contributed by atoms with E-state index in [0.717, 1.165) is 24.5 Å². The molecular weight excluding hydrogens is 217 g/mol. The first kappa shape index (κ1) is 14.2. The molecule has 0 atom stereocenters. The highest BCUT2D eigenvalue weighted by Crippen LogP contribution is 2.13. The van der Waals surface area contributed by atoms with E-state index in [2.05, 4.69) is 31.2 Å². The third kappa shape index (κ3) is 4.11. The van der Waals surface area contributed by atoms with Crippen LogP contribution in [-0.4, -0.2) is 23.0 Å². The van der Waals surface area contributed by atoms with Crippen LogP contribution in [-0.2, 0) is 13.1 Å². The topological polar surface area (TPSA) is 29.9 Å². The maximum absolute atomic E-state index is 12.2. The molecular formula is C13H24FN3.